The van der Waals surface area contributed by atoms with Crippen molar-refractivity contribution in [3.05, 3.63) is 29.8 Å². The molecule has 0 saturated heterocycles. The number of benzene rings is 1. The first kappa shape index (κ1) is 12.5. The van der Waals surface area contributed by atoms with Crippen LogP contribution in [0.15, 0.2) is 24.3 Å². The van der Waals surface area contributed by atoms with E-state index in [4.69, 9.17) is 9.47 Å². The molecule has 4 nitrogen and oxygen atoms in total. The van der Waals surface area contributed by atoms with Gasteiger partial charge in [-0.1, -0.05) is 6.07 Å². The fourth-order valence-electron chi connectivity index (χ4n) is 1.61. The highest BCUT2D eigenvalue weighted by molar-refractivity contribution is 5.92. The lowest BCUT2D eigenvalue weighted by Gasteiger charge is -2.07. The van der Waals surface area contributed by atoms with Crippen molar-refractivity contribution in [1.29, 1.82) is 0 Å². The van der Waals surface area contributed by atoms with E-state index in [9.17, 15) is 4.79 Å². The number of ether oxygens (including phenoxy) is 2. The number of hydrogen-bond acceptors (Lipinski definition) is 3. The summed E-state index contributed by atoms with van der Waals surface area (Å²) in [6.45, 7) is 0. The molecule has 0 spiro atoms. The number of hydrogen-bond donors (Lipinski definition) is 1. The van der Waals surface area contributed by atoms with Crippen LogP contribution in [0.1, 0.15) is 18.4 Å². The molecule has 0 bridgehead atoms. The van der Waals surface area contributed by atoms with Gasteiger partial charge in [0, 0.05) is 12.1 Å². The maximum Gasteiger partial charge on any atom is 0.244 e. The van der Waals surface area contributed by atoms with Crippen LogP contribution in [0, 0.1) is 0 Å². The smallest absolute Gasteiger partial charge is 0.244 e. The first-order valence-corrected chi connectivity index (χ1v) is 5.93. The summed E-state index contributed by atoms with van der Waals surface area (Å²) < 4.78 is 10.3. The minimum atomic E-state index is -0.0488. The van der Waals surface area contributed by atoms with E-state index in [1.54, 1.807) is 26.4 Å². The van der Waals surface area contributed by atoms with Crippen LogP contribution in [0.25, 0.3) is 6.08 Å². The van der Waals surface area contributed by atoms with E-state index in [2.05, 4.69) is 5.32 Å². The number of rotatable bonds is 5. The normalized spacial score (nSPS) is 14.6. The van der Waals surface area contributed by atoms with Crippen molar-refractivity contribution in [2.24, 2.45) is 0 Å². The van der Waals surface area contributed by atoms with Gasteiger partial charge in [0.2, 0.25) is 5.91 Å². The lowest BCUT2D eigenvalue weighted by atomic mass is 10.2. The van der Waals surface area contributed by atoms with Crippen LogP contribution in [0.5, 0.6) is 11.5 Å². The van der Waals surface area contributed by atoms with E-state index < -0.39 is 0 Å². The zero-order valence-corrected chi connectivity index (χ0v) is 10.6. The summed E-state index contributed by atoms with van der Waals surface area (Å²) in [5, 5.41) is 2.89. The minimum absolute atomic E-state index is 0.0488. The standard InChI is InChI=1S/C14H17NO3/c1-17-12-7-3-10(9-13(12)18-2)4-8-14(16)15-11-5-6-11/h3-4,7-9,11H,5-6H2,1-2H3,(H,15,16)/b8-4-. The predicted octanol–water partition coefficient (Wildman–Crippen LogP) is 2.00. The molecule has 0 atom stereocenters. The van der Waals surface area contributed by atoms with Crippen molar-refractivity contribution >= 4 is 12.0 Å². The fourth-order valence-corrected chi connectivity index (χ4v) is 1.61. The van der Waals surface area contributed by atoms with Crippen LogP contribution >= 0.6 is 0 Å². The van der Waals surface area contributed by atoms with Gasteiger partial charge < -0.3 is 14.8 Å². The quantitative estimate of drug-likeness (QED) is 0.809. The lowest BCUT2D eigenvalue weighted by Crippen LogP contribution is -2.22. The van der Waals surface area contributed by atoms with Gasteiger partial charge in [-0.15, -0.1) is 0 Å². The Bertz CT molecular complexity index is 464. The summed E-state index contributed by atoms with van der Waals surface area (Å²) >= 11 is 0. The van der Waals surface area contributed by atoms with E-state index in [1.807, 2.05) is 18.2 Å². The highest BCUT2D eigenvalue weighted by Crippen LogP contribution is 2.27. The summed E-state index contributed by atoms with van der Waals surface area (Å²) in [7, 11) is 3.18. The second-order valence-corrected chi connectivity index (χ2v) is 4.23. The highest BCUT2D eigenvalue weighted by Gasteiger charge is 2.21. The van der Waals surface area contributed by atoms with Crippen molar-refractivity contribution in [2.45, 2.75) is 18.9 Å². The molecule has 96 valence electrons. The van der Waals surface area contributed by atoms with Gasteiger partial charge in [0.15, 0.2) is 11.5 Å². The van der Waals surface area contributed by atoms with Crippen molar-refractivity contribution < 1.29 is 14.3 Å². The molecule has 0 radical (unpaired) electrons. The second kappa shape index (κ2) is 5.58. The first-order chi connectivity index (χ1) is 8.72. The van der Waals surface area contributed by atoms with Gasteiger partial charge in [-0.2, -0.15) is 0 Å². The molecule has 0 aliphatic heterocycles. The molecule has 0 heterocycles. The van der Waals surface area contributed by atoms with Gasteiger partial charge in [-0.3, -0.25) is 4.79 Å². The van der Waals surface area contributed by atoms with Gasteiger partial charge >= 0.3 is 0 Å². The molecule has 1 aliphatic rings. The van der Waals surface area contributed by atoms with Gasteiger partial charge in [-0.25, -0.2) is 0 Å². The summed E-state index contributed by atoms with van der Waals surface area (Å²) in [5.41, 5.74) is 0.901. The van der Waals surface area contributed by atoms with Crippen LogP contribution in [-0.4, -0.2) is 26.2 Å². The van der Waals surface area contributed by atoms with Gasteiger partial charge in [-0.05, 0) is 36.6 Å². The Morgan fingerprint density at radius 3 is 2.61 bits per heavy atom. The molecule has 1 saturated carbocycles. The molecule has 1 aromatic rings. The number of carbonyl (C=O) groups excluding carboxylic acids is 1. The van der Waals surface area contributed by atoms with E-state index >= 15 is 0 Å². The topological polar surface area (TPSA) is 47.6 Å². The van der Waals surface area contributed by atoms with E-state index in [1.165, 1.54) is 0 Å². The summed E-state index contributed by atoms with van der Waals surface area (Å²) in [6, 6.07) is 5.91. The van der Waals surface area contributed by atoms with Crippen molar-refractivity contribution in [2.75, 3.05) is 14.2 Å². The zero-order chi connectivity index (χ0) is 13.0. The fraction of sp³-hybridized carbons (Fsp3) is 0.357. The molecular formula is C14H17NO3. The average Bonchev–Trinajstić information content (AvgIpc) is 3.19. The molecule has 1 aromatic carbocycles. The largest absolute Gasteiger partial charge is 0.493 e. The van der Waals surface area contributed by atoms with Crippen molar-refractivity contribution in [3.8, 4) is 11.5 Å². The van der Waals surface area contributed by atoms with Crippen LogP contribution in [0.4, 0.5) is 0 Å². The molecular weight excluding hydrogens is 230 g/mol. The van der Waals surface area contributed by atoms with Gasteiger partial charge in [0.1, 0.15) is 0 Å². The second-order valence-electron chi connectivity index (χ2n) is 4.23. The zero-order valence-electron chi connectivity index (χ0n) is 10.6. The van der Waals surface area contributed by atoms with Gasteiger partial charge in [0.25, 0.3) is 0 Å². The van der Waals surface area contributed by atoms with Crippen molar-refractivity contribution in [1.82, 2.24) is 5.32 Å². The third-order valence-electron chi connectivity index (χ3n) is 2.76. The molecule has 0 unspecified atom stereocenters. The number of nitrogens with one attached hydrogen (secondary N) is 1. The molecule has 1 fully saturated rings. The Hall–Kier alpha value is -1.97. The third kappa shape index (κ3) is 3.26. The first-order valence-electron chi connectivity index (χ1n) is 5.93. The third-order valence-corrected chi connectivity index (χ3v) is 2.76. The Kier molecular flexibility index (Phi) is 3.87. The highest BCUT2D eigenvalue weighted by atomic mass is 16.5. The molecule has 1 N–H and O–H groups in total. The van der Waals surface area contributed by atoms with Crippen LogP contribution in [-0.2, 0) is 4.79 Å². The maximum atomic E-state index is 11.5. The molecule has 2 rings (SSSR count). The van der Waals surface area contributed by atoms with Crippen molar-refractivity contribution in [3.63, 3.8) is 0 Å². The molecule has 0 aromatic heterocycles. The molecule has 18 heavy (non-hydrogen) atoms. The molecule has 1 aliphatic carbocycles. The van der Waals surface area contributed by atoms with E-state index in [0.29, 0.717) is 17.5 Å². The molecule has 1 amide bonds. The Morgan fingerprint density at radius 2 is 2.00 bits per heavy atom. The van der Waals surface area contributed by atoms with Gasteiger partial charge in [0.05, 0.1) is 14.2 Å². The van der Waals surface area contributed by atoms with Crippen LogP contribution < -0.4 is 14.8 Å². The maximum absolute atomic E-state index is 11.5. The van der Waals surface area contributed by atoms with Crippen LogP contribution in [0.3, 0.4) is 0 Å². The summed E-state index contributed by atoms with van der Waals surface area (Å²) in [6.07, 6.45) is 5.49. The Balaban J connectivity index is 2.03. The predicted molar refractivity (Wildman–Crippen MR) is 69.7 cm³/mol. The summed E-state index contributed by atoms with van der Waals surface area (Å²) in [5.74, 6) is 1.28. The number of amides is 1. The number of methoxy groups -OCH3 is 2. The average molecular weight is 247 g/mol. The monoisotopic (exact) mass is 247 g/mol. The summed E-state index contributed by atoms with van der Waals surface area (Å²) in [4.78, 5) is 11.5. The Labute approximate surface area is 107 Å². The Morgan fingerprint density at radius 1 is 1.28 bits per heavy atom. The van der Waals surface area contributed by atoms with E-state index in [-0.39, 0.29) is 5.91 Å². The van der Waals surface area contributed by atoms with E-state index in [0.717, 1.165) is 18.4 Å². The van der Waals surface area contributed by atoms with Crippen LogP contribution in [0.2, 0.25) is 0 Å². The molecule has 4 heteroatoms. The minimum Gasteiger partial charge on any atom is -0.493 e. The number of carbonyl (C=O) groups is 1. The SMILES string of the molecule is COc1ccc(/C=C\C(=O)NC2CC2)cc1OC. The lowest BCUT2D eigenvalue weighted by molar-refractivity contribution is -0.116.